The van der Waals surface area contributed by atoms with Gasteiger partial charge in [-0.15, -0.1) is 0 Å². The molecule has 3 N–H and O–H groups in total. The molecular weight excluding hydrogens is 340 g/mol. The van der Waals surface area contributed by atoms with E-state index < -0.39 is 10.0 Å². The fraction of sp³-hybridized carbons (Fsp3) is 0.375. The summed E-state index contributed by atoms with van der Waals surface area (Å²) in [6, 6.07) is 8.62. The number of aromatic nitrogens is 2. The van der Waals surface area contributed by atoms with Crippen LogP contribution in [0.2, 0.25) is 0 Å². The highest BCUT2D eigenvalue weighted by atomic mass is 32.2. The van der Waals surface area contributed by atoms with E-state index in [4.69, 9.17) is 0 Å². The fourth-order valence-corrected chi connectivity index (χ4v) is 2.88. The Bertz CT molecular complexity index is 811. The standard InChI is InChI=1S/C16H24N6O2S/c1-4-18-16(20-12-14-9-10-21-22(14)3)19-11-13-5-7-15(8-6-13)25(23,24)17-2/h5-10,17H,4,11-12H2,1-3H3,(H2,18,19,20). The summed E-state index contributed by atoms with van der Waals surface area (Å²) in [5.74, 6) is 0.690. The molecule has 1 aromatic carbocycles. The van der Waals surface area contributed by atoms with E-state index in [9.17, 15) is 8.42 Å². The maximum absolute atomic E-state index is 11.7. The predicted octanol–water partition coefficient (Wildman–Crippen LogP) is 0.584. The summed E-state index contributed by atoms with van der Waals surface area (Å²) in [6.45, 7) is 3.80. The molecule has 0 aliphatic heterocycles. The summed E-state index contributed by atoms with van der Waals surface area (Å²) in [5, 5.41) is 10.6. The van der Waals surface area contributed by atoms with Crippen molar-refractivity contribution in [3.8, 4) is 0 Å². The maximum atomic E-state index is 11.7. The maximum Gasteiger partial charge on any atom is 0.240 e. The van der Waals surface area contributed by atoms with Crippen molar-refractivity contribution in [3.63, 3.8) is 0 Å². The molecule has 1 aromatic heterocycles. The number of guanidine groups is 1. The zero-order valence-corrected chi connectivity index (χ0v) is 15.5. The lowest BCUT2D eigenvalue weighted by molar-refractivity contribution is 0.588. The van der Waals surface area contributed by atoms with Crippen molar-refractivity contribution in [2.45, 2.75) is 24.9 Å². The smallest absolute Gasteiger partial charge is 0.240 e. The van der Waals surface area contributed by atoms with Crippen molar-refractivity contribution in [2.75, 3.05) is 13.6 Å². The number of aliphatic imine (C=N–C) groups is 1. The van der Waals surface area contributed by atoms with Crippen LogP contribution in [0.3, 0.4) is 0 Å². The number of sulfonamides is 1. The molecule has 136 valence electrons. The molecule has 0 radical (unpaired) electrons. The van der Waals surface area contributed by atoms with Crippen LogP contribution in [0.1, 0.15) is 18.2 Å². The third kappa shape index (κ3) is 5.30. The minimum Gasteiger partial charge on any atom is -0.357 e. The first-order valence-corrected chi connectivity index (χ1v) is 9.46. The summed E-state index contributed by atoms with van der Waals surface area (Å²) in [7, 11) is -0.128. The summed E-state index contributed by atoms with van der Waals surface area (Å²) >= 11 is 0. The number of hydrogen-bond donors (Lipinski definition) is 3. The molecule has 0 aliphatic rings. The second kappa shape index (κ2) is 8.63. The molecule has 25 heavy (non-hydrogen) atoms. The van der Waals surface area contributed by atoms with E-state index >= 15 is 0 Å². The monoisotopic (exact) mass is 364 g/mol. The molecule has 0 saturated heterocycles. The number of rotatable bonds is 7. The molecule has 0 bridgehead atoms. The van der Waals surface area contributed by atoms with Crippen LogP contribution in [0.4, 0.5) is 0 Å². The quantitative estimate of drug-likeness (QED) is 0.493. The van der Waals surface area contributed by atoms with Crippen molar-refractivity contribution in [2.24, 2.45) is 12.0 Å². The van der Waals surface area contributed by atoms with Gasteiger partial charge in [0.15, 0.2) is 5.96 Å². The van der Waals surface area contributed by atoms with Crippen molar-refractivity contribution in [3.05, 3.63) is 47.8 Å². The second-order valence-corrected chi connectivity index (χ2v) is 7.23. The Morgan fingerprint density at radius 3 is 2.48 bits per heavy atom. The van der Waals surface area contributed by atoms with E-state index in [-0.39, 0.29) is 4.90 Å². The highest BCUT2D eigenvalue weighted by molar-refractivity contribution is 7.89. The molecule has 9 heteroatoms. The molecular formula is C16H24N6O2S. The van der Waals surface area contributed by atoms with Gasteiger partial charge in [0.2, 0.25) is 10.0 Å². The summed E-state index contributed by atoms with van der Waals surface area (Å²) in [5.41, 5.74) is 1.97. The molecule has 0 atom stereocenters. The Morgan fingerprint density at radius 1 is 1.20 bits per heavy atom. The van der Waals surface area contributed by atoms with Crippen LogP contribution in [0, 0.1) is 0 Å². The van der Waals surface area contributed by atoms with Crippen LogP contribution in [0.15, 0.2) is 46.4 Å². The van der Waals surface area contributed by atoms with Gasteiger partial charge in [0.05, 0.1) is 23.7 Å². The largest absolute Gasteiger partial charge is 0.357 e. The van der Waals surface area contributed by atoms with Gasteiger partial charge in [-0.2, -0.15) is 5.10 Å². The molecule has 0 saturated carbocycles. The van der Waals surface area contributed by atoms with E-state index in [1.165, 1.54) is 7.05 Å². The van der Waals surface area contributed by atoms with E-state index in [0.29, 0.717) is 19.0 Å². The molecule has 2 aromatic rings. The topological polar surface area (TPSA) is 100 Å². The highest BCUT2D eigenvalue weighted by Gasteiger charge is 2.10. The lowest BCUT2D eigenvalue weighted by Crippen LogP contribution is -2.37. The van der Waals surface area contributed by atoms with Gasteiger partial charge >= 0.3 is 0 Å². The van der Waals surface area contributed by atoms with E-state index in [1.807, 2.05) is 20.0 Å². The number of benzene rings is 1. The molecule has 0 amide bonds. The first-order valence-electron chi connectivity index (χ1n) is 7.98. The third-order valence-electron chi connectivity index (χ3n) is 3.63. The lowest BCUT2D eigenvalue weighted by Gasteiger charge is -2.11. The Hall–Kier alpha value is -2.39. The van der Waals surface area contributed by atoms with Crippen molar-refractivity contribution >= 4 is 16.0 Å². The number of nitrogens with zero attached hydrogens (tertiary/aromatic N) is 3. The van der Waals surface area contributed by atoms with E-state index in [0.717, 1.165) is 17.8 Å². The van der Waals surface area contributed by atoms with Crippen LogP contribution in [0.25, 0.3) is 0 Å². The minimum atomic E-state index is -3.41. The SMILES string of the molecule is CCNC(=NCc1ccc(S(=O)(=O)NC)cc1)NCc1ccnn1C. The van der Waals surface area contributed by atoms with Gasteiger partial charge in [0, 0.05) is 19.8 Å². The van der Waals surface area contributed by atoms with E-state index in [2.05, 4.69) is 25.4 Å². The zero-order valence-electron chi connectivity index (χ0n) is 14.7. The highest BCUT2D eigenvalue weighted by Crippen LogP contribution is 2.10. The molecule has 1 heterocycles. The third-order valence-corrected chi connectivity index (χ3v) is 5.06. The van der Waals surface area contributed by atoms with E-state index in [1.54, 1.807) is 35.1 Å². The number of nitrogens with one attached hydrogen (secondary N) is 3. The Labute approximate surface area is 148 Å². The van der Waals surface area contributed by atoms with Crippen molar-refractivity contribution in [1.82, 2.24) is 25.1 Å². The molecule has 0 unspecified atom stereocenters. The first-order chi connectivity index (χ1) is 12.0. The van der Waals surface area contributed by atoms with Gasteiger partial charge in [0.1, 0.15) is 0 Å². The van der Waals surface area contributed by atoms with Crippen LogP contribution < -0.4 is 15.4 Å². The van der Waals surface area contributed by atoms with Gasteiger partial charge in [-0.1, -0.05) is 12.1 Å². The normalized spacial score (nSPS) is 12.2. The predicted molar refractivity (Wildman–Crippen MR) is 97.6 cm³/mol. The molecule has 8 nitrogen and oxygen atoms in total. The summed E-state index contributed by atoms with van der Waals surface area (Å²) < 4.78 is 27.5. The molecule has 0 spiro atoms. The zero-order chi connectivity index (χ0) is 18.3. The fourth-order valence-electron chi connectivity index (χ4n) is 2.15. The van der Waals surface area contributed by atoms with Crippen LogP contribution in [-0.2, 0) is 30.2 Å². The second-order valence-electron chi connectivity index (χ2n) is 5.35. The Kier molecular flexibility index (Phi) is 6.54. The molecule has 0 fully saturated rings. The van der Waals surface area contributed by atoms with Crippen molar-refractivity contribution < 1.29 is 8.42 Å². The summed E-state index contributed by atoms with van der Waals surface area (Å²) in [6.07, 6.45) is 1.75. The Morgan fingerprint density at radius 2 is 1.92 bits per heavy atom. The van der Waals surface area contributed by atoms with Gasteiger partial charge in [0.25, 0.3) is 0 Å². The van der Waals surface area contributed by atoms with Crippen LogP contribution in [-0.4, -0.2) is 37.8 Å². The van der Waals surface area contributed by atoms with Gasteiger partial charge < -0.3 is 10.6 Å². The van der Waals surface area contributed by atoms with Gasteiger partial charge in [-0.25, -0.2) is 18.1 Å². The first kappa shape index (κ1) is 18.9. The van der Waals surface area contributed by atoms with Crippen molar-refractivity contribution in [1.29, 1.82) is 0 Å². The molecule has 2 rings (SSSR count). The molecule has 0 aliphatic carbocycles. The number of hydrogen-bond acceptors (Lipinski definition) is 4. The summed E-state index contributed by atoms with van der Waals surface area (Å²) in [4.78, 5) is 4.76. The minimum absolute atomic E-state index is 0.240. The van der Waals surface area contributed by atoms with Gasteiger partial charge in [-0.3, -0.25) is 4.68 Å². The Balaban J connectivity index is 2.01. The van der Waals surface area contributed by atoms with Crippen LogP contribution >= 0.6 is 0 Å². The van der Waals surface area contributed by atoms with Gasteiger partial charge in [-0.05, 0) is 37.7 Å². The van der Waals surface area contributed by atoms with Crippen LogP contribution in [0.5, 0.6) is 0 Å². The number of aryl methyl sites for hydroxylation is 1. The average Bonchev–Trinajstić information content (AvgIpc) is 3.02. The average molecular weight is 364 g/mol. The lowest BCUT2D eigenvalue weighted by atomic mass is 10.2.